The summed E-state index contributed by atoms with van der Waals surface area (Å²) >= 11 is 0. The van der Waals surface area contributed by atoms with Crippen LogP contribution in [-0.2, 0) is 11.2 Å². The van der Waals surface area contributed by atoms with Crippen LogP contribution in [0.15, 0.2) is 36.4 Å². The van der Waals surface area contributed by atoms with Gasteiger partial charge in [0.2, 0.25) is 5.91 Å². The third-order valence-corrected chi connectivity index (χ3v) is 3.97. The highest BCUT2D eigenvalue weighted by atomic mass is 16.1. The molecule has 1 heterocycles. The zero-order valence-electron chi connectivity index (χ0n) is 11.7. The topological polar surface area (TPSA) is 55.1 Å². The third-order valence-electron chi connectivity index (χ3n) is 3.97. The van der Waals surface area contributed by atoms with E-state index in [1.165, 1.54) is 16.7 Å². The second-order valence-electron chi connectivity index (χ2n) is 5.42. The SMILES string of the molecule is Cc1cccc(C)c1C(N)c1ccc2c(c1)CC(=O)N2. The molecule has 0 radical (unpaired) electrons. The van der Waals surface area contributed by atoms with E-state index in [2.05, 4.69) is 31.3 Å². The monoisotopic (exact) mass is 266 g/mol. The van der Waals surface area contributed by atoms with Crippen LogP contribution >= 0.6 is 0 Å². The fourth-order valence-corrected chi connectivity index (χ4v) is 2.93. The summed E-state index contributed by atoms with van der Waals surface area (Å²) in [6.45, 7) is 4.17. The van der Waals surface area contributed by atoms with Gasteiger partial charge in [-0.1, -0.05) is 30.3 Å². The van der Waals surface area contributed by atoms with Crippen molar-refractivity contribution in [2.45, 2.75) is 26.3 Å². The minimum atomic E-state index is -0.155. The number of hydrogen-bond acceptors (Lipinski definition) is 2. The van der Waals surface area contributed by atoms with Crippen LogP contribution in [0, 0.1) is 13.8 Å². The molecule has 0 saturated carbocycles. The van der Waals surface area contributed by atoms with Crippen molar-refractivity contribution in [2.75, 3.05) is 5.32 Å². The van der Waals surface area contributed by atoms with Gasteiger partial charge in [-0.3, -0.25) is 4.79 Å². The first-order valence-corrected chi connectivity index (χ1v) is 6.80. The van der Waals surface area contributed by atoms with E-state index in [-0.39, 0.29) is 11.9 Å². The van der Waals surface area contributed by atoms with E-state index in [0.29, 0.717) is 6.42 Å². The van der Waals surface area contributed by atoms with Gasteiger partial charge in [-0.05, 0) is 47.7 Å². The summed E-state index contributed by atoms with van der Waals surface area (Å²) in [4.78, 5) is 11.4. The number of amides is 1. The second-order valence-corrected chi connectivity index (χ2v) is 5.42. The van der Waals surface area contributed by atoms with Crippen molar-refractivity contribution >= 4 is 11.6 Å². The van der Waals surface area contributed by atoms with Crippen molar-refractivity contribution < 1.29 is 4.79 Å². The van der Waals surface area contributed by atoms with Crippen LogP contribution in [0.1, 0.15) is 33.9 Å². The lowest BCUT2D eigenvalue weighted by molar-refractivity contribution is -0.115. The van der Waals surface area contributed by atoms with E-state index in [4.69, 9.17) is 5.73 Å². The first kappa shape index (κ1) is 12.9. The highest BCUT2D eigenvalue weighted by Gasteiger charge is 2.20. The summed E-state index contributed by atoms with van der Waals surface area (Å²) in [6, 6.07) is 12.1. The second kappa shape index (κ2) is 4.76. The van der Waals surface area contributed by atoms with Gasteiger partial charge >= 0.3 is 0 Å². The molecule has 1 atom stereocenters. The maximum Gasteiger partial charge on any atom is 0.228 e. The zero-order chi connectivity index (χ0) is 14.3. The van der Waals surface area contributed by atoms with E-state index < -0.39 is 0 Å². The minimum Gasteiger partial charge on any atom is -0.326 e. The predicted octanol–water partition coefficient (Wildman–Crippen LogP) is 2.85. The first-order valence-electron chi connectivity index (χ1n) is 6.80. The van der Waals surface area contributed by atoms with Crippen LogP contribution < -0.4 is 11.1 Å². The number of aryl methyl sites for hydroxylation is 2. The first-order chi connectivity index (χ1) is 9.56. The summed E-state index contributed by atoms with van der Waals surface area (Å²) in [6.07, 6.45) is 0.447. The average Bonchev–Trinajstić information content (AvgIpc) is 2.77. The molecule has 1 aliphatic rings. The molecule has 0 bridgehead atoms. The van der Waals surface area contributed by atoms with Crippen LogP contribution in [0.5, 0.6) is 0 Å². The largest absolute Gasteiger partial charge is 0.326 e. The molecule has 3 N–H and O–H groups in total. The van der Waals surface area contributed by atoms with Gasteiger partial charge in [-0.2, -0.15) is 0 Å². The molecular weight excluding hydrogens is 248 g/mol. The number of benzene rings is 2. The van der Waals surface area contributed by atoms with E-state index in [1.54, 1.807) is 0 Å². The fraction of sp³-hybridized carbons (Fsp3) is 0.235. The molecule has 0 aliphatic carbocycles. The minimum absolute atomic E-state index is 0.0535. The summed E-state index contributed by atoms with van der Waals surface area (Å²) in [5.74, 6) is 0.0535. The molecule has 0 saturated heterocycles. The van der Waals surface area contributed by atoms with Gasteiger partial charge < -0.3 is 11.1 Å². The molecule has 0 fully saturated rings. The maximum atomic E-state index is 11.4. The molecule has 3 rings (SSSR count). The molecule has 1 amide bonds. The number of hydrogen-bond donors (Lipinski definition) is 2. The maximum absolute atomic E-state index is 11.4. The van der Waals surface area contributed by atoms with Crippen molar-refractivity contribution in [2.24, 2.45) is 5.73 Å². The van der Waals surface area contributed by atoms with Crippen molar-refractivity contribution in [1.29, 1.82) is 0 Å². The van der Waals surface area contributed by atoms with Gasteiger partial charge in [0.05, 0.1) is 12.5 Å². The number of anilines is 1. The van der Waals surface area contributed by atoms with Gasteiger partial charge in [0.15, 0.2) is 0 Å². The van der Waals surface area contributed by atoms with Crippen molar-refractivity contribution in [3.8, 4) is 0 Å². The number of carbonyl (C=O) groups is 1. The molecule has 2 aromatic rings. The number of nitrogens with one attached hydrogen (secondary N) is 1. The average molecular weight is 266 g/mol. The lowest BCUT2D eigenvalue weighted by Gasteiger charge is -2.18. The van der Waals surface area contributed by atoms with Gasteiger partial charge in [0, 0.05) is 5.69 Å². The Hall–Kier alpha value is -2.13. The summed E-state index contributed by atoms with van der Waals surface area (Å²) in [7, 11) is 0. The summed E-state index contributed by atoms with van der Waals surface area (Å²) in [5.41, 5.74) is 13.0. The van der Waals surface area contributed by atoms with Crippen molar-refractivity contribution in [3.63, 3.8) is 0 Å². The van der Waals surface area contributed by atoms with Gasteiger partial charge in [0.25, 0.3) is 0 Å². The number of carbonyl (C=O) groups excluding carboxylic acids is 1. The smallest absolute Gasteiger partial charge is 0.228 e. The Kier molecular flexibility index (Phi) is 3.07. The molecule has 20 heavy (non-hydrogen) atoms. The van der Waals surface area contributed by atoms with E-state index in [0.717, 1.165) is 16.8 Å². The molecule has 0 aromatic heterocycles. The Balaban J connectivity index is 2.02. The number of nitrogens with two attached hydrogens (primary N) is 1. The highest BCUT2D eigenvalue weighted by Crippen LogP contribution is 2.30. The quantitative estimate of drug-likeness (QED) is 0.878. The Bertz CT molecular complexity index is 671. The highest BCUT2D eigenvalue weighted by molar-refractivity contribution is 5.99. The molecule has 0 spiro atoms. The Morgan fingerprint density at radius 1 is 1.15 bits per heavy atom. The Morgan fingerprint density at radius 2 is 1.85 bits per heavy atom. The van der Waals surface area contributed by atoms with Crippen LogP contribution in [-0.4, -0.2) is 5.91 Å². The predicted molar refractivity (Wildman–Crippen MR) is 80.7 cm³/mol. The van der Waals surface area contributed by atoms with Crippen molar-refractivity contribution in [1.82, 2.24) is 0 Å². The number of rotatable bonds is 2. The van der Waals surface area contributed by atoms with E-state index in [1.807, 2.05) is 24.3 Å². The molecular formula is C17H18N2O. The molecule has 3 heteroatoms. The lowest BCUT2D eigenvalue weighted by atomic mass is 9.91. The molecule has 1 unspecified atom stereocenters. The lowest BCUT2D eigenvalue weighted by Crippen LogP contribution is -2.15. The fourth-order valence-electron chi connectivity index (χ4n) is 2.93. The van der Waals surface area contributed by atoms with Gasteiger partial charge in [0.1, 0.15) is 0 Å². The molecule has 102 valence electrons. The van der Waals surface area contributed by atoms with Gasteiger partial charge in [-0.15, -0.1) is 0 Å². The van der Waals surface area contributed by atoms with Crippen LogP contribution in [0.3, 0.4) is 0 Å². The third kappa shape index (κ3) is 2.10. The van der Waals surface area contributed by atoms with E-state index >= 15 is 0 Å². The van der Waals surface area contributed by atoms with Crippen LogP contribution in [0.4, 0.5) is 5.69 Å². The molecule has 3 nitrogen and oxygen atoms in total. The van der Waals surface area contributed by atoms with Gasteiger partial charge in [-0.25, -0.2) is 0 Å². The van der Waals surface area contributed by atoms with Crippen LogP contribution in [0.25, 0.3) is 0 Å². The molecule has 2 aromatic carbocycles. The standard InChI is InChI=1S/C17H18N2O/c1-10-4-3-5-11(2)16(10)17(18)12-6-7-14-13(8-12)9-15(20)19-14/h3-8,17H,9,18H2,1-2H3,(H,19,20). The zero-order valence-corrected chi connectivity index (χ0v) is 11.7. The normalized spacial score (nSPS) is 14.8. The molecule has 1 aliphatic heterocycles. The Labute approximate surface area is 118 Å². The number of fused-ring (bicyclic) bond motifs is 1. The van der Waals surface area contributed by atoms with Crippen molar-refractivity contribution in [3.05, 3.63) is 64.2 Å². The summed E-state index contributed by atoms with van der Waals surface area (Å²) in [5, 5.41) is 2.85. The Morgan fingerprint density at radius 3 is 2.55 bits per heavy atom. The van der Waals surface area contributed by atoms with Crippen LogP contribution in [0.2, 0.25) is 0 Å². The van der Waals surface area contributed by atoms with E-state index in [9.17, 15) is 4.79 Å². The summed E-state index contributed by atoms with van der Waals surface area (Å²) < 4.78 is 0.